The summed E-state index contributed by atoms with van der Waals surface area (Å²) in [7, 11) is 1.45. The van der Waals surface area contributed by atoms with Crippen LogP contribution >= 0.6 is 0 Å². The van der Waals surface area contributed by atoms with Gasteiger partial charge in [0, 0.05) is 24.0 Å². The van der Waals surface area contributed by atoms with Gasteiger partial charge < -0.3 is 14.9 Å². The number of rotatable bonds is 8. The Morgan fingerprint density at radius 1 is 1.40 bits per heavy atom. The third-order valence-electron chi connectivity index (χ3n) is 2.98. The number of ether oxygens (including phenoxy) is 2. The SMILES string of the molecule is C=C(C)NNC(=O)c1ccn(COc2cc(OC)ccc2[N+](=O)[O-])n1. The second kappa shape index (κ2) is 7.81. The van der Waals surface area contributed by atoms with E-state index in [4.69, 9.17) is 9.47 Å². The predicted octanol–water partition coefficient (Wildman–Crippen LogP) is 1.60. The van der Waals surface area contributed by atoms with Crippen molar-refractivity contribution in [3.63, 3.8) is 0 Å². The highest BCUT2D eigenvalue weighted by atomic mass is 16.6. The quantitative estimate of drug-likeness (QED) is 0.549. The fraction of sp³-hybridized carbons (Fsp3) is 0.200. The molecule has 0 saturated heterocycles. The zero-order valence-electron chi connectivity index (χ0n) is 13.7. The van der Waals surface area contributed by atoms with Crippen LogP contribution < -0.4 is 20.3 Å². The average Bonchev–Trinajstić information content (AvgIpc) is 3.06. The van der Waals surface area contributed by atoms with E-state index >= 15 is 0 Å². The van der Waals surface area contributed by atoms with Crippen molar-refractivity contribution >= 4 is 11.6 Å². The minimum Gasteiger partial charge on any atom is -0.497 e. The molecule has 0 radical (unpaired) electrons. The van der Waals surface area contributed by atoms with Gasteiger partial charge in [-0.25, -0.2) is 4.68 Å². The summed E-state index contributed by atoms with van der Waals surface area (Å²) in [5, 5.41) is 15.1. The van der Waals surface area contributed by atoms with Crippen molar-refractivity contribution in [3.8, 4) is 11.5 Å². The van der Waals surface area contributed by atoms with E-state index in [1.807, 2.05) is 0 Å². The summed E-state index contributed by atoms with van der Waals surface area (Å²) in [6.45, 7) is 5.16. The minimum atomic E-state index is -0.556. The van der Waals surface area contributed by atoms with Crippen molar-refractivity contribution in [2.45, 2.75) is 13.7 Å². The average molecular weight is 347 g/mol. The van der Waals surface area contributed by atoms with Gasteiger partial charge in [-0.05, 0) is 19.1 Å². The summed E-state index contributed by atoms with van der Waals surface area (Å²) < 4.78 is 11.8. The maximum absolute atomic E-state index is 11.8. The van der Waals surface area contributed by atoms with Crippen molar-refractivity contribution in [3.05, 3.63) is 58.5 Å². The Labute approximate surface area is 143 Å². The molecule has 2 N–H and O–H groups in total. The van der Waals surface area contributed by atoms with Gasteiger partial charge >= 0.3 is 5.69 Å². The van der Waals surface area contributed by atoms with Crippen molar-refractivity contribution in [1.82, 2.24) is 20.6 Å². The molecular weight excluding hydrogens is 330 g/mol. The molecule has 1 aromatic carbocycles. The molecule has 25 heavy (non-hydrogen) atoms. The first-order valence-corrected chi connectivity index (χ1v) is 7.11. The zero-order chi connectivity index (χ0) is 18.4. The van der Waals surface area contributed by atoms with Gasteiger partial charge in [0.05, 0.1) is 12.0 Å². The van der Waals surface area contributed by atoms with Gasteiger partial charge in [0.2, 0.25) is 5.75 Å². The van der Waals surface area contributed by atoms with Crippen LogP contribution in [-0.4, -0.2) is 27.7 Å². The number of amides is 1. The van der Waals surface area contributed by atoms with Gasteiger partial charge in [0.1, 0.15) is 5.75 Å². The molecule has 0 aliphatic heterocycles. The van der Waals surface area contributed by atoms with Gasteiger partial charge in [-0.3, -0.25) is 20.3 Å². The van der Waals surface area contributed by atoms with Crippen LogP contribution in [0.4, 0.5) is 5.69 Å². The second-order valence-electron chi connectivity index (χ2n) is 4.96. The molecule has 0 aliphatic carbocycles. The molecule has 10 nitrogen and oxygen atoms in total. The number of carbonyl (C=O) groups is 1. The normalized spacial score (nSPS) is 10.0. The number of hydrazine groups is 1. The number of benzene rings is 1. The van der Waals surface area contributed by atoms with E-state index in [1.54, 1.807) is 6.92 Å². The van der Waals surface area contributed by atoms with Gasteiger partial charge in [0.25, 0.3) is 5.91 Å². The molecule has 1 heterocycles. The summed E-state index contributed by atoms with van der Waals surface area (Å²) >= 11 is 0. The van der Waals surface area contributed by atoms with Crippen LogP contribution in [-0.2, 0) is 6.73 Å². The molecule has 1 amide bonds. The number of hydrogen-bond acceptors (Lipinski definition) is 7. The first-order chi connectivity index (χ1) is 11.9. The maximum atomic E-state index is 11.8. The lowest BCUT2D eigenvalue weighted by molar-refractivity contribution is -0.386. The van der Waals surface area contributed by atoms with Crippen LogP contribution in [0.2, 0.25) is 0 Å². The molecule has 0 spiro atoms. The summed E-state index contributed by atoms with van der Waals surface area (Å²) in [5.74, 6) is 0.0101. The van der Waals surface area contributed by atoms with Crippen LogP contribution in [0, 0.1) is 10.1 Å². The van der Waals surface area contributed by atoms with Gasteiger partial charge in [-0.15, -0.1) is 0 Å². The number of nitrogens with zero attached hydrogens (tertiary/aromatic N) is 3. The first-order valence-electron chi connectivity index (χ1n) is 7.11. The summed E-state index contributed by atoms with van der Waals surface area (Å²) in [6, 6.07) is 5.65. The summed E-state index contributed by atoms with van der Waals surface area (Å²) in [4.78, 5) is 22.3. The van der Waals surface area contributed by atoms with Crippen LogP contribution in [0.25, 0.3) is 0 Å². The number of methoxy groups -OCH3 is 1. The molecule has 0 aliphatic rings. The molecule has 10 heteroatoms. The Morgan fingerprint density at radius 2 is 2.16 bits per heavy atom. The lowest BCUT2D eigenvalue weighted by atomic mass is 10.3. The predicted molar refractivity (Wildman–Crippen MR) is 87.9 cm³/mol. The zero-order valence-corrected chi connectivity index (χ0v) is 13.7. The van der Waals surface area contributed by atoms with E-state index < -0.39 is 10.8 Å². The van der Waals surface area contributed by atoms with E-state index in [-0.39, 0.29) is 23.9 Å². The highest BCUT2D eigenvalue weighted by molar-refractivity contribution is 5.91. The van der Waals surface area contributed by atoms with E-state index in [0.29, 0.717) is 11.4 Å². The van der Waals surface area contributed by atoms with E-state index in [9.17, 15) is 14.9 Å². The standard InChI is InChI=1S/C15H17N5O5/c1-10(2)16-17-15(21)12-6-7-19(18-12)9-25-14-8-11(24-3)4-5-13(14)20(22)23/h4-8,16H,1,9H2,2-3H3,(H,17,21). The van der Waals surface area contributed by atoms with E-state index in [1.165, 1.54) is 42.3 Å². The van der Waals surface area contributed by atoms with Crippen LogP contribution in [0.3, 0.4) is 0 Å². The van der Waals surface area contributed by atoms with Crippen molar-refractivity contribution in [2.75, 3.05) is 7.11 Å². The molecule has 0 fully saturated rings. The van der Waals surface area contributed by atoms with Gasteiger partial charge in [-0.1, -0.05) is 6.58 Å². The fourth-order valence-corrected chi connectivity index (χ4v) is 1.81. The Hall–Kier alpha value is -3.56. The van der Waals surface area contributed by atoms with E-state index in [2.05, 4.69) is 22.5 Å². The molecule has 2 aromatic rings. The first kappa shape index (κ1) is 17.8. The Bertz CT molecular complexity index is 801. The van der Waals surface area contributed by atoms with Crippen LogP contribution in [0.1, 0.15) is 17.4 Å². The smallest absolute Gasteiger partial charge is 0.311 e. The summed E-state index contributed by atoms with van der Waals surface area (Å²) in [6.07, 6.45) is 1.52. The van der Waals surface area contributed by atoms with Crippen LogP contribution in [0.5, 0.6) is 11.5 Å². The highest BCUT2D eigenvalue weighted by Gasteiger charge is 2.17. The molecule has 0 saturated carbocycles. The molecule has 0 unspecified atom stereocenters. The van der Waals surface area contributed by atoms with E-state index in [0.717, 1.165) is 0 Å². The Morgan fingerprint density at radius 3 is 2.80 bits per heavy atom. The monoisotopic (exact) mass is 347 g/mol. The number of hydrogen-bond donors (Lipinski definition) is 2. The molecule has 132 valence electrons. The van der Waals surface area contributed by atoms with Crippen molar-refractivity contribution in [2.24, 2.45) is 0 Å². The van der Waals surface area contributed by atoms with Gasteiger partial charge in [0.15, 0.2) is 12.4 Å². The number of nitrogens with one attached hydrogen (secondary N) is 2. The van der Waals surface area contributed by atoms with Gasteiger partial charge in [-0.2, -0.15) is 5.10 Å². The highest BCUT2D eigenvalue weighted by Crippen LogP contribution is 2.31. The largest absolute Gasteiger partial charge is 0.497 e. The molecule has 1 aromatic heterocycles. The third-order valence-corrected chi connectivity index (χ3v) is 2.98. The Balaban J connectivity index is 2.06. The lowest BCUT2D eigenvalue weighted by Gasteiger charge is -2.08. The van der Waals surface area contributed by atoms with Crippen molar-refractivity contribution < 1.29 is 19.2 Å². The van der Waals surface area contributed by atoms with Crippen molar-refractivity contribution in [1.29, 1.82) is 0 Å². The number of nitro benzene ring substituents is 1. The molecule has 0 atom stereocenters. The summed E-state index contributed by atoms with van der Waals surface area (Å²) in [5.41, 5.74) is 5.52. The number of carbonyl (C=O) groups excluding carboxylic acids is 1. The third kappa shape index (κ3) is 4.70. The maximum Gasteiger partial charge on any atom is 0.311 e. The number of aromatic nitrogens is 2. The topological polar surface area (TPSA) is 121 Å². The lowest BCUT2D eigenvalue weighted by Crippen LogP contribution is -2.36. The second-order valence-corrected chi connectivity index (χ2v) is 4.96. The molecular formula is C15H17N5O5. The fourth-order valence-electron chi connectivity index (χ4n) is 1.81. The Kier molecular flexibility index (Phi) is 5.56. The minimum absolute atomic E-state index is 0.0369. The number of allylic oxidation sites excluding steroid dienone is 1. The van der Waals surface area contributed by atoms with Crippen LogP contribution in [0.15, 0.2) is 42.7 Å². The number of nitro groups is 1. The molecule has 0 bridgehead atoms. The molecule has 2 rings (SSSR count).